The lowest BCUT2D eigenvalue weighted by Crippen LogP contribution is -2.41. The van der Waals surface area contributed by atoms with Crippen molar-refractivity contribution < 1.29 is 13.9 Å². The lowest BCUT2D eigenvalue weighted by molar-refractivity contribution is -0.120. The summed E-state index contributed by atoms with van der Waals surface area (Å²) in [6.45, 7) is 1.34. The summed E-state index contributed by atoms with van der Waals surface area (Å²) in [5, 5.41) is 3.64. The van der Waals surface area contributed by atoms with Crippen molar-refractivity contribution in [2.45, 2.75) is 22.8 Å². The minimum absolute atomic E-state index is 0.129. The average molecular weight is 439 g/mol. The second kappa shape index (κ2) is 9.78. The first-order chi connectivity index (χ1) is 15.1. The molecule has 0 spiro atoms. The Balaban J connectivity index is 1.46. The van der Waals surface area contributed by atoms with E-state index >= 15 is 0 Å². The summed E-state index contributed by atoms with van der Waals surface area (Å²) in [5.74, 6) is 0.0657. The van der Waals surface area contributed by atoms with Crippen LogP contribution in [0.2, 0.25) is 0 Å². The predicted molar refractivity (Wildman–Crippen MR) is 119 cm³/mol. The molecule has 160 valence electrons. The number of amides is 1. The van der Waals surface area contributed by atoms with Crippen LogP contribution in [0.5, 0.6) is 5.75 Å². The predicted octanol–water partition coefficient (Wildman–Crippen LogP) is 4.63. The average Bonchev–Trinajstić information content (AvgIpc) is 2.80. The highest BCUT2D eigenvalue weighted by molar-refractivity contribution is 7.99. The van der Waals surface area contributed by atoms with E-state index in [0.29, 0.717) is 12.2 Å². The van der Waals surface area contributed by atoms with Crippen LogP contribution in [0, 0.1) is 11.7 Å². The zero-order valence-electron chi connectivity index (χ0n) is 17.1. The lowest BCUT2D eigenvalue weighted by Gasteiger charge is -2.33. The van der Waals surface area contributed by atoms with Gasteiger partial charge in [-0.15, -0.1) is 0 Å². The number of hydrogen-bond donors (Lipinski definition) is 1. The molecule has 1 N–H and O–H groups in total. The second-order valence-electron chi connectivity index (χ2n) is 7.22. The molecule has 0 radical (unpaired) electrons. The molecule has 2 heterocycles. The van der Waals surface area contributed by atoms with Crippen molar-refractivity contribution in [1.82, 2.24) is 9.97 Å². The second-order valence-corrected chi connectivity index (χ2v) is 8.29. The van der Waals surface area contributed by atoms with Crippen molar-refractivity contribution >= 4 is 29.2 Å². The van der Waals surface area contributed by atoms with E-state index in [4.69, 9.17) is 4.74 Å². The lowest BCUT2D eigenvalue weighted by atomic mass is 9.97. The van der Waals surface area contributed by atoms with Gasteiger partial charge in [-0.3, -0.25) is 4.79 Å². The van der Waals surface area contributed by atoms with Gasteiger partial charge in [-0.05, 0) is 37.1 Å². The third-order valence-corrected chi connectivity index (χ3v) is 6.10. The molecule has 6 nitrogen and oxygen atoms in total. The van der Waals surface area contributed by atoms with Crippen LogP contribution in [0.25, 0.3) is 0 Å². The summed E-state index contributed by atoms with van der Waals surface area (Å²) in [6.07, 6.45) is 4.98. The van der Waals surface area contributed by atoms with E-state index in [1.807, 2.05) is 30.3 Å². The minimum atomic E-state index is -0.507. The molecule has 31 heavy (non-hydrogen) atoms. The molecule has 1 fully saturated rings. The largest absolute Gasteiger partial charge is 0.494 e. The Morgan fingerprint density at radius 3 is 2.77 bits per heavy atom. The normalized spacial score (nSPS) is 16.1. The van der Waals surface area contributed by atoms with Gasteiger partial charge in [0.1, 0.15) is 5.03 Å². The molecule has 1 aliphatic rings. The van der Waals surface area contributed by atoms with Gasteiger partial charge in [0.15, 0.2) is 17.4 Å². The topological polar surface area (TPSA) is 67.3 Å². The Morgan fingerprint density at radius 2 is 2.00 bits per heavy atom. The first-order valence-corrected chi connectivity index (χ1v) is 10.9. The van der Waals surface area contributed by atoms with E-state index in [1.54, 1.807) is 30.2 Å². The molecule has 4 rings (SSSR count). The third-order valence-electron chi connectivity index (χ3n) is 5.12. The van der Waals surface area contributed by atoms with Crippen LogP contribution < -0.4 is 15.0 Å². The number of methoxy groups -OCH3 is 1. The van der Waals surface area contributed by atoms with E-state index in [-0.39, 0.29) is 17.6 Å². The maximum Gasteiger partial charge on any atom is 0.229 e. The number of aromatic nitrogens is 2. The number of ether oxygens (including phenoxy) is 1. The molecule has 8 heteroatoms. The first kappa shape index (κ1) is 21.1. The van der Waals surface area contributed by atoms with Crippen LogP contribution in [0.4, 0.5) is 15.9 Å². The van der Waals surface area contributed by atoms with Crippen molar-refractivity contribution in [3.05, 3.63) is 66.7 Å². The summed E-state index contributed by atoms with van der Waals surface area (Å²) in [5.41, 5.74) is 0.417. The zero-order chi connectivity index (χ0) is 21.6. The number of halogens is 1. The van der Waals surface area contributed by atoms with E-state index in [0.717, 1.165) is 35.1 Å². The number of hydrogen-bond acceptors (Lipinski definition) is 6. The van der Waals surface area contributed by atoms with Crippen LogP contribution in [0.1, 0.15) is 12.8 Å². The minimum Gasteiger partial charge on any atom is -0.494 e. The monoisotopic (exact) mass is 438 g/mol. The smallest absolute Gasteiger partial charge is 0.229 e. The van der Waals surface area contributed by atoms with Crippen LogP contribution >= 0.6 is 11.8 Å². The van der Waals surface area contributed by atoms with Gasteiger partial charge in [0.2, 0.25) is 5.91 Å². The van der Waals surface area contributed by atoms with Crippen molar-refractivity contribution in [3.63, 3.8) is 0 Å². The van der Waals surface area contributed by atoms with Crippen LogP contribution in [-0.2, 0) is 4.79 Å². The summed E-state index contributed by atoms with van der Waals surface area (Å²) < 4.78 is 18.9. The van der Waals surface area contributed by atoms with E-state index in [9.17, 15) is 9.18 Å². The Kier molecular flexibility index (Phi) is 6.66. The Hall–Kier alpha value is -3.13. The number of nitrogens with one attached hydrogen (secondary N) is 1. The highest BCUT2D eigenvalue weighted by Crippen LogP contribution is 2.34. The SMILES string of the molecule is COc1ccc(NC(=O)[C@H]2CCCN(c3nccnc3Sc3ccccc3)C2)cc1F. The number of rotatable bonds is 6. The summed E-state index contributed by atoms with van der Waals surface area (Å²) in [4.78, 5) is 25.1. The number of benzene rings is 2. The maximum atomic E-state index is 13.9. The Morgan fingerprint density at radius 1 is 1.19 bits per heavy atom. The van der Waals surface area contributed by atoms with Gasteiger partial charge in [0, 0.05) is 42.1 Å². The maximum absolute atomic E-state index is 13.9. The van der Waals surface area contributed by atoms with Crippen LogP contribution in [0.3, 0.4) is 0 Å². The number of nitrogens with zero attached hydrogens (tertiary/aromatic N) is 3. The van der Waals surface area contributed by atoms with Gasteiger partial charge in [0.05, 0.1) is 13.0 Å². The van der Waals surface area contributed by atoms with Crippen molar-refractivity contribution in [3.8, 4) is 5.75 Å². The number of piperidine rings is 1. The molecule has 1 amide bonds. The van der Waals surface area contributed by atoms with E-state index in [1.165, 1.54) is 19.2 Å². The fraction of sp³-hybridized carbons (Fsp3) is 0.261. The van der Waals surface area contributed by atoms with Crippen molar-refractivity contribution in [2.24, 2.45) is 5.92 Å². The molecule has 1 saturated heterocycles. The summed E-state index contributed by atoms with van der Waals surface area (Å²) in [6, 6.07) is 14.4. The molecular weight excluding hydrogens is 415 g/mol. The molecule has 2 aromatic carbocycles. The number of carbonyl (C=O) groups is 1. The number of carbonyl (C=O) groups excluding carboxylic acids is 1. The summed E-state index contributed by atoms with van der Waals surface area (Å²) in [7, 11) is 1.41. The fourth-order valence-corrected chi connectivity index (χ4v) is 4.48. The Labute approximate surface area is 184 Å². The highest BCUT2D eigenvalue weighted by Gasteiger charge is 2.28. The van der Waals surface area contributed by atoms with Crippen LogP contribution in [0.15, 0.2) is 70.8 Å². The van der Waals surface area contributed by atoms with Gasteiger partial charge in [-0.2, -0.15) is 0 Å². The molecule has 0 unspecified atom stereocenters. The van der Waals surface area contributed by atoms with E-state index < -0.39 is 5.82 Å². The highest BCUT2D eigenvalue weighted by atomic mass is 32.2. The molecule has 1 atom stereocenters. The van der Waals surface area contributed by atoms with Gasteiger partial charge < -0.3 is 15.0 Å². The number of anilines is 2. The van der Waals surface area contributed by atoms with Crippen molar-refractivity contribution in [1.29, 1.82) is 0 Å². The van der Waals surface area contributed by atoms with Gasteiger partial charge in [0.25, 0.3) is 0 Å². The molecule has 0 bridgehead atoms. The van der Waals surface area contributed by atoms with Gasteiger partial charge >= 0.3 is 0 Å². The molecule has 3 aromatic rings. The fourth-order valence-electron chi connectivity index (χ4n) is 3.58. The quantitative estimate of drug-likeness (QED) is 0.605. The van der Waals surface area contributed by atoms with Crippen molar-refractivity contribution in [2.75, 3.05) is 30.4 Å². The van der Waals surface area contributed by atoms with Gasteiger partial charge in [-0.25, -0.2) is 14.4 Å². The zero-order valence-corrected chi connectivity index (χ0v) is 17.9. The van der Waals surface area contributed by atoms with E-state index in [2.05, 4.69) is 20.2 Å². The van der Waals surface area contributed by atoms with Gasteiger partial charge in [-0.1, -0.05) is 30.0 Å². The molecule has 0 saturated carbocycles. The summed E-state index contributed by atoms with van der Waals surface area (Å²) >= 11 is 1.56. The Bertz CT molecular complexity index is 1050. The first-order valence-electron chi connectivity index (χ1n) is 10.1. The molecule has 1 aromatic heterocycles. The third kappa shape index (κ3) is 5.14. The molecule has 0 aliphatic carbocycles. The standard InChI is InChI=1S/C23H23FN4O2S/c1-30-20-10-9-17(14-19(20)24)27-22(29)16-6-5-13-28(15-16)21-23(26-12-11-25-21)31-18-7-3-2-4-8-18/h2-4,7-12,14,16H,5-6,13,15H2,1H3,(H,27,29)/t16-/m0/s1. The van der Waals surface area contributed by atoms with Crippen LogP contribution in [-0.4, -0.2) is 36.1 Å². The molecular formula is C23H23FN4O2S. The molecule has 1 aliphatic heterocycles.